The van der Waals surface area contributed by atoms with E-state index in [0.717, 1.165) is 24.2 Å². The molecule has 0 bridgehead atoms. The van der Waals surface area contributed by atoms with E-state index in [0.29, 0.717) is 22.9 Å². The van der Waals surface area contributed by atoms with E-state index < -0.39 is 17.5 Å². The number of benzene rings is 1. The lowest BCUT2D eigenvalue weighted by atomic mass is 9.86. The fourth-order valence-electron chi connectivity index (χ4n) is 4.07. The molecule has 6 nitrogen and oxygen atoms in total. The average molecular weight is 392 g/mol. The molecule has 0 aromatic heterocycles. The molecular weight excluding hydrogens is 366 g/mol. The van der Waals surface area contributed by atoms with Gasteiger partial charge < -0.3 is 10.6 Å². The van der Waals surface area contributed by atoms with Crippen LogP contribution in [0.5, 0.6) is 0 Å². The van der Waals surface area contributed by atoms with Crippen molar-refractivity contribution in [2.24, 2.45) is 5.92 Å². The highest BCUT2D eigenvalue weighted by Gasteiger charge is 2.51. The molecule has 1 aliphatic carbocycles. The molecule has 1 saturated heterocycles. The molecule has 1 heterocycles. The summed E-state index contributed by atoms with van der Waals surface area (Å²) < 4.78 is 0. The normalized spacial score (nSPS) is 28.2. The van der Waals surface area contributed by atoms with Crippen LogP contribution in [0.25, 0.3) is 0 Å². The molecule has 1 aromatic carbocycles. The Bertz CT molecular complexity index is 736. The van der Waals surface area contributed by atoms with Crippen LogP contribution in [0.1, 0.15) is 51.5 Å². The Morgan fingerprint density at radius 1 is 1.26 bits per heavy atom. The zero-order valence-electron chi connectivity index (χ0n) is 15.8. The van der Waals surface area contributed by atoms with Crippen molar-refractivity contribution in [2.45, 2.75) is 57.5 Å². The Labute approximate surface area is 164 Å². The molecule has 4 amide bonds. The number of amides is 4. The fourth-order valence-corrected chi connectivity index (χ4v) is 4.20. The molecule has 2 fully saturated rings. The molecule has 0 unspecified atom stereocenters. The van der Waals surface area contributed by atoms with E-state index in [1.54, 1.807) is 24.3 Å². The van der Waals surface area contributed by atoms with E-state index in [2.05, 4.69) is 17.6 Å². The molecule has 2 N–H and O–H groups in total. The third-order valence-electron chi connectivity index (χ3n) is 5.80. The van der Waals surface area contributed by atoms with E-state index in [4.69, 9.17) is 11.6 Å². The van der Waals surface area contributed by atoms with Crippen LogP contribution in [0.2, 0.25) is 5.02 Å². The number of urea groups is 1. The smallest absolute Gasteiger partial charge is 0.325 e. The number of halogens is 1. The van der Waals surface area contributed by atoms with Gasteiger partial charge in [-0.05, 0) is 42.9 Å². The quantitative estimate of drug-likeness (QED) is 0.756. The van der Waals surface area contributed by atoms with Crippen molar-refractivity contribution in [2.75, 3.05) is 6.54 Å². The molecule has 1 saturated carbocycles. The molecule has 2 aliphatic rings. The Morgan fingerprint density at radius 3 is 2.56 bits per heavy atom. The van der Waals surface area contributed by atoms with E-state index >= 15 is 0 Å². The van der Waals surface area contributed by atoms with Crippen molar-refractivity contribution in [3.05, 3.63) is 34.9 Å². The summed E-state index contributed by atoms with van der Waals surface area (Å²) in [4.78, 5) is 39.1. The standard InChI is InChI=1S/C20H26ClN3O3/c1-3-20(14-8-10-15(21)11-9-14)18(26)24(19(27)23-20)12-17(25)22-16-7-5-4-6-13(16)2/h8-11,13,16H,3-7,12H2,1-2H3,(H,22,25)(H,23,27)/t13-,16-,20-/m1/s1. The van der Waals surface area contributed by atoms with Gasteiger partial charge in [0.2, 0.25) is 5.91 Å². The highest BCUT2D eigenvalue weighted by molar-refractivity contribution is 6.30. The predicted octanol–water partition coefficient (Wildman–Crippen LogP) is 3.19. The van der Waals surface area contributed by atoms with Gasteiger partial charge in [-0.1, -0.05) is 50.4 Å². The van der Waals surface area contributed by atoms with E-state index in [-0.39, 0.29) is 18.5 Å². The average Bonchev–Trinajstić information content (AvgIpc) is 2.89. The summed E-state index contributed by atoms with van der Waals surface area (Å²) >= 11 is 5.94. The summed E-state index contributed by atoms with van der Waals surface area (Å²) in [6.07, 6.45) is 4.69. The number of hydrogen-bond donors (Lipinski definition) is 2. The summed E-state index contributed by atoms with van der Waals surface area (Å²) in [6.45, 7) is 3.70. The first kappa shape index (κ1) is 19.7. The summed E-state index contributed by atoms with van der Waals surface area (Å²) in [6, 6.07) is 6.42. The van der Waals surface area contributed by atoms with E-state index in [1.165, 1.54) is 6.42 Å². The Kier molecular flexibility index (Phi) is 5.75. The first-order chi connectivity index (χ1) is 12.9. The SMILES string of the molecule is CC[C@]1(c2ccc(Cl)cc2)NC(=O)N(CC(=O)N[C@@H]2CCCC[C@H]2C)C1=O. The molecule has 3 rings (SSSR count). The zero-order valence-corrected chi connectivity index (χ0v) is 16.5. The van der Waals surface area contributed by atoms with Crippen LogP contribution in [-0.4, -0.2) is 35.3 Å². The number of carbonyl (C=O) groups excluding carboxylic acids is 3. The second-order valence-corrected chi connectivity index (χ2v) is 7.96. The summed E-state index contributed by atoms with van der Waals surface area (Å²) in [5, 5.41) is 6.34. The van der Waals surface area contributed by atoms with Gasteiger partial charge in [0.05, 0.1) is 0 Å². The highest BCUT2D eigenvalue weighted by atomic mass is 35.5. The number of nitrogens with one attached hydrogen (secondary N) is 2. The van der Waals surface area contributed by atoms with Gasteiger partial charge in [-0.3, -0.25) is 14.5 Å². The second-order valence-electron chi connectivity index (χ2n) is 7.52. The summed E-state index contributed by atoms with van der Waals surface area (Å²) in [5.41, 5.74) is -0.489. The lowest BCUT2D eigenvalue weighted by Gasteiger charge is -2.30. The minimum atomic E-state index is -1.15. The van der Waals surface area contributed by atoms with Gasteiger partial charge >= 0.3 is 6.03 Å². The zero-order chi connectivity index (χ0) is 19.6. The van der Waals surface area contributed by atoms with Crippen LogP contribution in [-0.2, 0) is 15.1 Å². The number of carbonyl (C=O) groups is 3. The Hall–Kier alpha value is -2.08. The molecular formula is C20H26ClN3O3. The maximum Gasteiger partial charge on any atom is 0.325 e. The van der Waals surface area contributed by atoms with Crippen molar-refractivity contribution in [1.29, 1.82) is 0 Å². The molecule has 27 heavy (non-hydrogen) atoms. The minimum absolute atomic E-state index is 0.110. The maximum absolute atomic E-state index is 13.1. The van der Waals surface area contributed by atoms with Crippen LogP contribution in [0.15, 0.2) is 24.3 Å². The van der Waals surface area contributed by atoms with Crippen LogP contribution in [0.4, 0.5) is 4.79 Å². The van der Waals surface area contributed by atoms with Crippen LogP contribution in [0.3, 0.4) is 0 Å². The maximum atomic E-state index is 13.1. The topological polar surface area (TPSA) is 78.5 Å². The second kappa shape index (κ2) is 7.89. The monoisotopic (exact) mass is 391 g/mol. The first-order valence-electron chi connectivity index (χ1n) is 9.57. The first-order valence-corrected chi connectivity index (χ1v) is 9.94. The van der Waals surface area contributed by atoms with E-state index in [9.17, 15) is 14.4 Å². The molecule has 0 spiro atoms. The number of nitrogens with zero attached hydrogens (tertiary/aromatic N) is 1. The summed E-state index contributed by atoms with van der Waals surface area (Å²) in [7, 11) is 0. The third kappa shape index (κ3) is 3.81. The van der Waals surface area contributed by atoms with Crippen LogP contribution >= 0.6 is 11.6 Å². The molecule has 146 valence electrons. The number of imide groups is 1. The van der Waals surface area contributed by atoms with Gasteiger partial charge in [0, 0.05) is 11.1 Å². The van der Waals surface area contributed by atoms with Gasteiger partial charge in [-0.2, -0.15) is 0 Å². The number of hydrogen-bond acceptors (Lipinski definition) is 3. The van der Waals surface area contributed by atoms with Gasteiger partial charge in [0.25, 0.3) is 5.91 Å². The minimum Gasteiger partial charge on any atom is -0.352 e. The van der Waals surface area contributed by atoms with E-state index in [1.807, 2.05) is 6.92 Å². The van der Waals surface area contributed by atoms with Crippen molar-refractivity contribution < 1.29 is 14.4 Å². The summed E-state index contributed by atoms with van der Waals surface area (Å²) in [5.74, 6) is -0.279. The van der Waals surface area contributed by atoms with Crippen LogP contribution in [0, 0.1) is 5.92 Å². The molecule has 7 heteroatoms. The fraction of sp³-hybridized carbons (Fsp3) is 0.550. The van der Waals surface area contributed by atoms with Gasteiger partial charge in [0.1, 0.15) is 12.1 Å². The number of rotatable bonds is 5. The molecule has 0 radical (unpaired) electrons. The van der Waals surface area contributed by atoms with Crippen molar-refractivity contribution >= 4 is 29.4 Å². The van der Waals surface area contributed by atoms with Crippen molar-refractivity contribution in [3.63, 3.8) is 0 Å². The lowest BCUT2D eigenvalue weighted by molar-refractivity contribution is -0.135. The van der Waals surface area contributed by atoms with Crippen LogP contribution < -0.4 is 10.6 Å². The third-order valence-corrected chi connectivity index (χ3v) is 6.05. The molecule has 1 aromatic rings. The van der Waals surface area contributed by atoms with Gasteiger partial charge in [-0.25, -0.2) is 4.79 Å². The molecule has 1 aliphatic heterocycles. The Morgan fingerprint density at radius 2 is 1.93 bits per heavy atom. The largest absolute Gasteiger partial charge is 0.352 e. The Balaban J connectivity index is 1.73. The van der Waals surface area contributed by atoms with Gasteiger partial charge in [0.15, 0.2) is 0 Å². The highest BCUT2D eigenvalue weighted by Crippen LogP contribution is 2.33. The molecule has 3 atom stereocenters. The van der Waals surface area contributed by atoms with Crippen molar-refractivity contribution in [1.82, 2.24) is 15.5 Å². The van der Waals surface area contributed by atoms with Gasteiger partial charge in [-0.15, -0.1) is 0 Å². The lowest BCUT2D eigenvalue weighted by Crippen LogP contribution is -2.48. The predicted molar refractivity (Wildman–Crippen MR) is 103 cm³/mol. The van der Waals surface area contributed by atoms with Crippen molar-refractivity contribution in [3.8, 4) is 0 Å².